The van der Waals surface area contributed by atoms with Crippen LogP contribution in [0.15, 0.2) is 42.5 Å². The molecule has 1 saturated heterocycles. The van der Waals surface area contributed by atoms with Gasteiger partial charge in [-0.25, -0.2) is 9.99 Å². The van der Waals surface area contributed by atoms with Crippen LogP contribution in [0.4, 0.5) is 0 Å². The zero-order valence-electron chi connectivity index (χ0n) is 19.6. The number of benzene rings is 2. The molecule has 0 radical (unpaired) electrons. The number of hydrogen-bond donors (Lipinski definition) is 2. The number of carbonyl (C=O) groups is 1. The molecule has 0 spiro atoms. The van der Waals surface area contributed by atoms with Crippen LogP contribution in [0.3, 0.4) is 0 Å². The summed E-state index contributed by atoms with van der Waals surface area (Å²) in [6, 6.07) is 14.5. The molecule has 184 valence electrons. The van der Waals surface area contributed by atoms with Gasteiger partial charge in [0.05, 0.1) is 23.4 Å². The van der Waals surface area contributed by atoms with Crippen molar-refractivity contribution in [3.05, 3.63) is 69.5 Å². The number of nitrogens with one attached hydrogen (secondary N) is 1. The molecule has 9 heteroatoms. The van der Waals surface area contributed by atoms with E-state index in [1.165, 1.54) is 0 Å². The minimum Gasteiger partial charge on any atom is -0.390 e. The molecule has 4 rings (SSSR count). The van der Waals surface area contributed by atoms with Crippen LogP contribution < -0.4 is 5.43 Å². The molecule has 2 aromatic carbocycles. The van der Waals surface area contributed by atoms with Gasteiger partial charge in [-0.05, 0) is 55.3 Å². The van der Waals surface area contributed by atoms with Gasteiger partial charge in [-0.2, -0.15) is 5.26 Å². The highest BCUT2D eigenvalue weighted by Crippen LogP contribution is 2.33. The number of aromatic nitrogens is 2. The van der Waals surface area contributed by atoms with Gasteiger partial charge in [0.1, 0.15) is 5.82 Å². The average molecular weight is 522 g/mol. The molecule has 0 bridgehead atoms. The van der Waals surface area contributed by atoms with E-state index in [0.29, 0.717) is 45.7 Å². The Morgan fingerprint density at radius 1 is 1.08 bits per heavy atom. The second-order valence-electron chi connectivity index (χ2n) is 8.34. The molecular formula is C27H25Cl2N5O2. The molecule has 1 aliphatic heterocycles. The number of nitrogens with zero attached hydrogens (tertiary/aromatic N) is 4. The molecular weight excluding hydrogens is 497 g/mol. The predicted octanol–water partition coefficient (Wildman–Crippen LogP) is 5.12. The minimum atomic E-state index is -0.406. The number of rotatable bonds is 6. The van der Waals surface area contributed by atoms with Crippen molar-refractivity contribution in [1.29, 1.82) is 5.26 Å². The van der Waals surface area contributed by atoms with E-state index in [-0.39, 0.29) is 11.6 Å². The number of halogens is 2. The van der Waals surface area contributed by atoms with Crippen molar-refractivity contribution in [2.45, 2.75) is 38.7 Å². The summed E-state index contributed by atoms with van der Waals surface area (Å²) in [6.45, 7) is 1.14. The second kappa shape index (κ2) is 12.1. The zero-order valence-corrected chi connectivity index (χ0v) is 21.1. The summed E-state index contributed by atoms with van der Waals surface area (Å²) in [5.74, 6) is 6.04. The third kappa shape index (κ3) is 5.90. The molecule has 1 fully saturated rings. The molecule has 2 heterocycles. The first-order valence-corrected chi connectivity index (χ1v) is 12.5. The number of imidazole rings is 1. The molecule has 7 nitrogen and oxygen atoms in total. The Morgan fingerprint density at radius 2 is 1.83 bits per heavy atom. The van der Waals surface area contributed by atoms with Gasteiger partial charge in [0, 0.05) is 47.8 Å². The Bertz CT molecular complexity index is 1340. The van der Waals surface area contributed by atoms with E-state index in [9.17, 15) is 9.90 Å². The fourth-order valence-electron chi connectivity index (χ4n) is 4.09. The first-order valence-electron chi connectivity index (χ1n) is 11.7. The fraction of sp³-hybridized carbons (Fsp3) is 0.296. The third-order valence-corrected chi connectivity index (χ3v) is 6.39. The Labute approximate surface area is 220 Å². The van der Waals surface area contributed by atoms with Crippen molar-refractivity contribution in [1.82, 2.24) is 20.0 Å². The Hall–Kier alpha value is -3.33. The van der Waals surface area contributed by atoms with E-state index < -0.39 is 6.61 Å². The quantitative estimate of drug-likeness (QED) is 0.346. The van der Waals surface area contributed by atoms with Gasteiger partial charge in [0.25, 0.3) is 5.91 Å². The summed E-state index contributed by atoms with van der Waals surface area (Å²) >= 11 is 12.6. The highest BCUT2D eigenvalue weighted by Gasteiger charge is 2.26. The van der Waals surface area contributed by atoms with Crippen LogP contribution >= 0.6 is 23.2 Å². The maximum absolute atomic E-state index is 13.3. The topological polar surface area (TPSA) is 94.2 Å². The maximum Gasteiger partial charge on any atom is 0.286 e. The standard InChI is InChI=1S/C27H25Cl2N5O2/c28-20-10-13-22(23(29)17-20)26-31-25(27(36)32-33-15-5-2-6-16-33)24(18-35)34(26)21-11-8-19(9-12-21)7-3-1-4-14-30/h8-13,17,35H,1-2,4-6,15-16,18H2,(H,32,36). The number of nitriles is 1. The maximum atomic E-state index is 13.3. The lowest BCUT2D eigenvalue weighted by atomic mass is 10.1. The summed E-state index contributed by atoms with van der Waals surface area (Å²) in [7, 11) is 0. The highest BCUT2D eigenvalue weighted by atomic mass is 35.5. The zero-order chi connectivity index (χ0) is 25.5. The average Bonchev–Trinajstić information content (AvgIpc) is 3.27. The van der Waals surface area contributed by atoms with Crippen molar-refractivity contribution in [2.24, 2.45) is 0 Å². The van der Waals surface area contributed by atoms with Crippen molar-refractivity contribution >= 4 is 29.1 Å². The van der Waals surface area contributed by atoms with E-state index in [0.717, 1.165) is 37.9 Å². The molecule has 1 amide bonds. The number of aliphatic hydroxyl groups is 1. The first kappa shape index (κ1) is 25.8. The van der Waals surface area contributed by atoms with E-state index in [2.05, 4.69) is 28.3 Å². The monoisotopic (exact) mass is 521 g/mol. The lowest BCUT2D eigenvalue weighted by molar-refractivity contribution is 0.0742. The molecule has 2 N–H and O–H groups in total. The number of unbranched alkanes of at least 4 members (excludes halogenated alkanes) is 1. The molecule has 36 heavy (non-hydrogen) atoms. The van der Waals surface area contributed by atoms with E-state index in [4.69, 9.17) is 28.5 Å². The lowest BCUT2D eigenvalue weighted by Crippen LogP contribution is -2.45. The van der Waals surface area contributed by atoms with Crippen molar-refractivity contribution in [2.75, 3.05) is 13.1 Å². The predicted molar refractivity (Wildman–Crippen MR) is 140 cm³/mol. The molecule has 1 aliphatic rings. The number of aliphatic hydroxyl groups excluding tert-OH is 1. The van der Waals surface area contributed by atoms with Gasteiger partial charge in [-0.1, -0.05) is 41.5 Å². The van der Waals surface area contributed by atoms with Crippen LogP contribution in [0.5, 0.6) is 0 Å². The Balaban J connectivity index is 1.77. The molecule has 3 aromatic rings. The van der Waals surface area contributed by atoms with Gasteiger partial charge in [0.2, 0.25) is 0 Å². The van der Waals surface area contributed by atoms with Crippen molar-refractivity contribution in [3.63, 3.8) is 0 Å². The van der Waals surface area contributed by atoms with E-state index in [1.807, 2.05) is 29.3 Å². The van der Waals surface area contributed by atoms with Crippen LogP contribution in [0.2, 0.25) is 10.0 Å². The number of hydrazine groups is 1. The molecule has 0 aliphatic carbocycles. The summed E-state index contributed by atoms with van der Waals surface area (Å²) in [5.41, 5.74) is 5.46. The van der Waals surface area contributed by atoms with Crippen LogP contribution in [0, 0.1) is 23.2 Å². The number of piperidine rings is 1. The molecule has 0 saturated carbocycles. The van der Waals surface area contributed by atoms with Crippen LogP contribution in [-0.2, 0) is 6.61 Å². The largest absolute Gasteiger partial charge is 0.390 e. The van der Waals surface area contributed by atoms with Crippen LogP contribution in [-0.4, -0.2) is 38.7 Å². The SMILES string of the molecule is N#CCCC#Cc1ccc(-n2c(-c3ccc(Cl)cc3Cl)nc(C(=O)NN3CCCCC3)c2CO)cc1. The van der Waals surface area contributed by atoms with Gasteiger partial charge in [-0.3, -0.25) is 14.8 Å². The summed E-state index contributed by atoms with van der Waals surface area (Å²) in [4.78, 5) is 17.9. The second-order valence-corrected chi connectivity index (χ2v) is 9.19. The smallest absolute Gasteiger partial charge is 0.286 e. The fourth-order valence-corrected chi connectivity index (χ4v) is 4.58. The molecule has 0 unspecified atom stereocenters. The van der Waals surface area contributed by atoms with Gasteiger partial charge < -0.3 is 5.11 Å². The molecule has 0 atom stereocenters. The summed E-state index contributed by atoms with van der Waals surface area (Å²) in [5, 5.41) is 21.8. The van der Waals surface area contributed by atoms with Gasteiger partial charge in [-0.15, -0.1) is 0 Å². The number of hydrogen-bond acceptors (Lipinski definition) is 5. The highest BCUT2D eigenvalue weighted by molar-refractivity contribution is 6.36. The lowest BCUT2D eigenvalue weighted by Gasteiger charge is -2.26. The third-order valence-electron chi connectivity index (χ3n) is 5.85. The van der Waals surface area contributed by atoms with Crippen molar-refractivity contribution < 1.29 is 9.90 Å². The summed E-state index contributed by atoms with van der Waals surface area (Å²) in [6.07, 6.45) is 4.05. The van der Waals surface area contributed by atoms with Crippen molar-refractivity contribution in [3.8, 4) is 35.0 Å². The first-order chi connectivity index (χ1) is 17.5. The van der Waals surface area contributed by atoms with E-state index >= 15 is 0 Å². The normalized spacial score (nSPS) is 13.5. The van der Waals surface area contributed by atoms with Gasteiger partial charge in [0.15, 0.2) is 5.69 Å². The van der Waals surface area contributed by atoms with Crippen LogP contribution in [0.25, 0.3) is 17.1 Å². The van der Waals surface area contributed by atoms with Gasteiger partial charge >= 0.3 is 0 Å². The van der Waals surface area contributed by atoms with E-state index in [1.54, 1.807) is 22.8 Å². The Kier molecular flexibility index (Phi) is 8.64. The Morgan fingerprint density at radius 3 is 2.50 bits per heavy atom. The number of amides is 1. The minimum absolute atomic E-state index is 0.129. The van der Waals surface area contributed by atoms with Crippen LogP contribution in [0.1, 0.15) is 53.8 Å². The molecule has 1 aromatic heterocycles. The number of carbonyl (C=O) groups excluding carboxylic acids is 1. The summed E-state index contributed by atoms with van der Waals surface area (Å²) < 4.78 is 1.73.